The van der Waals surface area contributed by atoms with Crippen LogP contribution >= 0.6 is 11.8 Å². The predicted octanol–water partition coefficient (Wildman–Crippen LogP) is 3.36. The van der Waals surface area contributed by atoms with Gasteiger partial charge < -0.3 is 24.5 Å². The molecular weight excluding hydrogens is 514 g/mol. The summed E-state index contributed by atoms with van der Waals surface area (Å²) < 4.78 is 4.06. The van der Waals surface area contributed by atoms with E-state index in [-0.39, 0.29) is 36.8 Å². The SMILES string of the molecule is C=CCN(C)C(=O)[C@H]1[C@H]2C(=O)N([C@@H](CO)C(C)C)C(C(=O)N(CC=C)c3ccc(OC)cc3)C23CC[C@]1(C)S3. The number of nitrogens with zero attached hydrogens (tertiary/aromatic N) is 3. The number of hydrogen-bond acceptors (Lipinski definition) is 6. The molecule has 3 aliphatic rings. The molecular formula is C30H41N3O5S. The molecule has 0 radical (unpaired) electrons. The molecule has 9 heteroatoms. The number of aliphatic hydroxyl groups is 1. The molecule has 1 aromatic carbocycles. The predicted molar refractivity (Wildman–Crippen MR) is 155 cm³/mol. The molecule has 6 atom stereocenters. The summed E-state index contributed by atoms with van der Waals surface area (Å²) in [5, 5.41) is 10.5. The van der Waals surface area contributed by atoms with Crippen molar-refractivity contribution in [2.75, 3.05) is 38.8 Å². The lowest BCUT2D eigenvalue weighted by molar-refractivity contribution is -0.146. The number of methoxy groups -OCH3 is 1. The van der Waals surface area contributed by atoms with E-state index in [1.807, 2.05) is 26.0 Å². The fraction of sp³-hybridized carbons (Fsp3) is 0.567. The van der Waals surface area contributed by atoms with Crippen molar-refractivity contribution in [1.82, 2.24) is 9.80 Å². The highest BCUT2D eigenvalue weighted by Gasteiger charge is 2.78. The van der Waals surface area contributed by atoms with Gasteiger partial charge in [0.15, 0.2) is 0 Å². The highest BCUT2D eigenvalue weighted by Crippen LogP contribution is 2.72. The first kappa shape index (κ1) is 29.2. The minimum Gasteiger partial charge on any atom is -0.497 e. The maximum absolute atomic E-state index is 14.7. The Morgan fingerprint density at radius 3 is 2.36 bits per heavy atom. The minimum absolute atomic E-state index is 0.0892. The summed E-state index contributed by atoms with van der Waals surface area (Å²) in [6, 6.07) is 5.85. The monoisotopic (exact) mass is 555 g/mol. The molecule has 2 bridgehead atoms. The van der Waals surface area contributed by atoms with E-state index in [1.54, 1.807) is 64.9 Å². The van der Waals surface area contributed by atoms with Crippen LogP contribution in [0, 0.1) is 17.8 Å². The molecule has 3 saturated heterocycles. The zero-order chi connectivity index (χ0) is 28.7. The Kier molecular flexibility index (Phi) is 8.24. The van der Waals surface area contributed by atoms with Crippen LogP contribution < -0.4 is 9.64 Å². The van der Waals surface area contributed by atoms with Crippen LogP contribution in [0.25, 0.3) is 0 Å². The largest absolute Gasteiger partial charge is 0.497 e. The van der Waals surface area contributed by atoms with Crippen molar-refractivity contribution in [2.45, 2.75) is 55.2 Å². The topological polar surface area (TPSA) is 90.4 Å². The zero-order valence-electron chi connectivity index (χ0n) is 23.6. The number of benzene rings is 1. The van der Waals surface area contributed by atoms with E-state index in [0.29, 0.717) is 24.4 Å². The molecule has 1 aromatic rings. The van der Waals surface area contributed by atoms with Gasteiger partial charge in [-0.3, -0.25) is 14.4 Å². The molecule has 3 heterocycles. The summed E-state index contributed by atoms with van der Waals surface area (Å²) in [5.74, 6) is -1.16. The van der Waals surface area contributed by atoms with Gasteiger partial charge in [-0.1, -0.05) is 26.0 Å². The molecule has 1 N–H and O–H groups in total. The van der Waals surface area contributed by atoms with E-state index in [2.05, 4.69) is 20.1 Å². The van der Waals surface area contributed by atoms with Gasteiger partial charge in [0, 0.05) is 30.6 Å². The summed E-state index contributed by atoms with van der Waals surface area (Å²) in [5.41, 5.74) is 0.667. The molecule has 0 aliphatic carbocycles. The fourth-order valence-corrected chi connectivity index (χ4v) is 9.21. The average molecular weight is 556 g/mol. The molecule has 4 rings (SSSR count). The zero-order valence-corrected chi connectivity index (χ0v) is 24.4. The molecule has 3 amide bonds. The van der Waals surface area contributed by atoms with Crippen LogP contribution in [0.1, 0.15) is 33.6 Å². The van der Waals surface area contributed by atoms with Crippen LogP contribution in [0.2, 0.25) is 0 Å². The van der Waals surface area contributed by atoms with E-state index in [1.165, 1.54) is 0 Å². The number of likely N-dealkylation sites (N-methyl/N-ethyl adjacent to an activating group) is 1. The summed E-state index contributed by atoms with van der Waals surface area (Å²) >= 11 is 1.63. The van der Waals surface area contributed by atoms with Crippen LogP contribution in [0.5, 0.6) is 5.75 Å². The van der Waals surface area contributed by atoms with Gasteiger partial charge in [0.1, 0.15) is 11.8 Å². The van der Waals surface area contributed by atoms with Crippen LogP contribution in [-0.2, 0) is 14.4 Å². The molecule has 1 spiro atoms. The van der Waals surface area contributed by atoms with Crippen LogP contribution in [0.15, 0.2) is 49.6 Å². The van der Waals surface area contributed by atoms with E-state index < -0.39 is 33.4 Å². The standard InChI is InChI=1S/C30H41N3O5S/c1-8-16-31(6)26(35)23-24-27(36)33(22(18-34)19(3)4)25(30(24)15-14-29(23,5)39-30)28(37)32(17-9-2)20-10-12-21(38-7)13-11-20/h8-13,19,22-25,34H,1-2,14-18H2,3-7H3/t22-,23+,24-,25?,29-,30?/m0/s1. The van der Waals surface area contributed by atoms with Gasteiger partial charge in [-0.25, -0.2) is 0 Å². The lowest BCUT2D eigenvalue weighted by Crippen LogP contribution is -2.58. The van der Waals surface area contributed by atoms with Gasteiger partial charge in [-0.2, -0.15) is 0 Å². The second-order valence-electron chi connectivity index (χ2n) is 11.4. The Hall–Kier alpha value is -2.78. The first-order chi connectivity index (χ1) is 18.5. The maximum Gasteiger partial charge on any atom is 0.251 e. The first-order valence-corrected chi connectivity index (χ1v) is 14.4. The summed E-state index contributed by atoms with van der Waals surface area (Å²) in [7, 11) is 3.32. The Morgan fingerprint density at radius 2 is 1.82 bits per heavy atom. The molecule has 3 aliphatic heterocycles. The fourth-order valence-electron chi connectivity index (χ4n) is 6.88. The number of ether oxygens (including phenoxy) is 1. The normalized spacial score (nSPS) is 29.8. The maximum atomic E-state index is 14.7. The average Bonchev–Trinajstić information content (AvgIpc) is 3.48. The third-order valence-corrected chi connectivity index (χ3v) is 10.8. The molecule has 3 fully saturated rings. The van der Waals surface area contributed by atoms with E-state index in [9.17, 15) is 19.5 Å². The lowest BCUT2D eigenvalue weighted by Gasteiger charge is -2.40. The molecule has 0 saturated carbocycles. The van der Waals surface area contributed by atoms with Crippen molar-refractivity contribution < 1.29 is 24.2 Å². The summed E-state index contributed by atoms with van der Waals surface area (Å²) in [4.78, 5) is 47.8. The number of thioether (sulfide) groups is 1. The number of aliphatic hydroxyl groups excluding tert-OH is 1. The van der Waals surface area contributed by atoms with Gasteiger partial charge in [0.25, 0.3) is 5.91 Å². The van der Waals surface area contributed by atoms with Gasteiger partial charge in [-0.05, 0) is 49.9 Å². The molecule has 0 aromatic heterocycles. The summed E-state index contributed by atoms with van der Waals surface area (Å²) in [6.45, 7) is 14.0. The van der Waals surface area contributed by atoms with Crippen molar-refractivity contribution in [3.63, 3.8) is 0 Å². The number of amides is 3. The number of anilines is 1. The van der Waals surface area contributed by atoms with Crippen molar-refractivity contribution >= 4 is 35.2 Å². The molecule has 212 valence electrons. The van der Waals surface area contributed by atoms with Crippen molar-refractivity contribution in [3.8, 4) is 5.75 Å². The van der Waals surface area contributed by atoms with E-state index in [0.717, 1.165) is 6.42 Å². The second-order valence-corrected chi connectivity index (χ2v) is 13.3. The third-order valence-electron chi connectivity index (χ3n) is 8.77. The highest BCUT2D eigenvalue weighted by molar-refractivity contribution is 8.02. The third kappa shape index (κ3) is 4.57. The van der Waals surface area contributed by atoms with Crippen molar-refractivity contribution in [3.05, 3.63) is 49.6 Å². The number of carbonyl (C=O) groups is 3. The number of rotatable bonds is 11. The Labute approximate surface area is 236 Å². The molecule has 8 nitrogen and oxygen atoms in total. The van der Waals surface area contributed by atoms with Gasteiger partial charge in [-0.15, -0.1) is 24.9 Å². The van der Waals surface area contributed by atoms with Crippen LogP contribution in [-0.4, -0.2) is 88.1 Å². The van der Waals surface area contributed by atoms with Gasteiger partial charge >= 0.3 is 0 Å². The number of likely N-dealkylation sites (tertiary alicyclic amines) is 1. The number of carbonyl (C=O) groups excluding carboxylic acids is 3. The van der Waals surface area contributed by atoms with E-state index >= 15 is 0 Å². The Bertz CT molecular complexity index is 1140. The van der Waals surface area contributed by atoms with Gasteiger partial charge in [0.05, 0.1) is 36.3 Å². The minimum atomic E-state index is -0.828. The van der Waals surface area contributed by atoms with Crippen LogP contribution in [0.3, 0.4) is 0 Å². The summed E-state index contributed by atoms with van der Waals surface area (Å²) in [6.07, 6.45) is 4.72. The molecule has 39 heavy (non-hydrogen) atoms. The highest BCUT2D eigenvalue weighted by atomic mass is 32.2. The number of fused-ring (bicyclic) bond motifs is 1. The van der Waals surface area contributed by atoms with Crippen molar-refractivity contribution in [1.29, 1.82) is 0 Å². The van der Waals surface area contributed by atoms with Crippen molar-refractivity contribution in [2.24, 2.45) is 17.8 Å². The Morgan fingerprint density at radius 1 is 1.18 bits per heavy atom. The van der Waals surface area contributed by atoms with E-state index in [4.69, 9.17) is 4.74 Å². The molecule has 2 unspecified atom stereocenters. The Balaban J connectivity index is 1.85. The van der Waals surface area contributed by atoms with Crippen LogP contribution in [0.4, 0.5) is 5.69 Å². The first-order valence-electron chi connectivity index (χ1n) is 13.6. The lowest BCUT2D eigenvalue weighted by atomic mass is 9.66. The smallest absolute Gasteiger partial charge is 0.251 e. The quantitative estimate of drug-likeness (QED) is 0.421. The van der Waals surface area contributed by atoms with Gasteiger partial charge in [0.2, 0.25) is 11.8 Å². The second kappa shape index (κ2) is 11.0. The number of hydrogen-bond donors (Lipinski definition) is 1.